The van der Waals surface area contributed by atoms with Gasteiger partial charge in [-0.3, -0.25) is 4.79 Å². The van der Waals surface area contributed by atoms with Crippen molar-refractivity contribution in [3.8, 4) is 0 Å². The van der Waals surface area contributed by atoms with Gasteiger partial charge in [-0.15, -0.1) is 11.3 Å². The van der Waals surface area contributed by atoms with Crippen LogP contribution in [-0.4, -0.2) is 43.8 Å². The Bertz CT molecular complexity index is 1270. The molecule has 1 amide bonds. The van der Waals surface area contributed by atoms with Crippen molar-refractivity contribution in [1.29, 1.82) is 0 Å². The molecule has 2 aromatic heterocycles. The van der Waals surface area contributed by atoms with Gasteiger partial charge >= 0.3 is 0 Å². The number of aromatic amines is 1. The molecule has 0 fully saturated rings. The summed E-state index contributed by atoms with van der Waals surface area (Å²) in [5.41, 5.74) is 3.19. The van der Waals surface area contributed by atoms with Gasteiger partial charge in [-0.25, -0.2) is 8.42 Å². The van der Waals surface area contributed by atoms with Crippen molar-refractivity contribution in [2.75, 3.05) is 20.1 Å². The Balaban J connectivity index is 1.51. The minimum Gasteiger partial charge on any atom is -0.361 e. The average Bonchev–Trinajstić information content (AvgIpc) is 3.46. The number of amides is 1. The number of nitrogens with zero attached hydrogens (tertiary/aromatic N) is 1. The van der Waals surface area contributed by atoms with Crippen LogP contribution in [-0.2, 0) is 14.8 Å². The van der Waals surface area contributed by atoms with Crippen LogP contribution in [0.15, 0.2) is 82.5 Å². The maximum Gasteiger partial charge on any atom is 0.252 e. The number of fused-ring (bicyclic) bond motifs is 1. The van der Waals surface area contributed by atoms with Gasteiger partial charge in [0.1, 0.15) is 4.21 Å². The van der Waals surface area contributed by atoms with E-state index in [2.05, 4.69) is 16.4 Å². The third kappa shape index (κ3) is 4.56. The zero-order valence-electron chi connectivity index (χ0n) is 17.0. The number of likely N-dealkylation sites (N-methyl/N-ethyl adjacent to an activating group) is 1. The largest absolute Gasteiger partial charge is 0.361 e. The van der Waals surface area contributed by atoms with Crippen LogP contribution in [0.2, 0.25) is 0 Å². The molecule has 2 N–H and O–H groups in total. The van der Waals surface area contributed by atoms with Gasteiger partial charge in [-0.2, -0.15) is 4.31 Å². The van der Waals surface area contributed by atoms with E-state index in [1.807, 2.05) is 54.7 Å². The summed E-state index contributed by atoms with van der Waals surface area (Å²) in [5.74, 6) is -0.413. The van der Waals surface area contributed by atoms with E-state index in [1.54, 1.807) is 11.4 Å². The van der Waals surface area contributed by atoms with Crippen molar-refractivity contribution in [1.82, 2.24) is 14.6 Å². The molecule has 0 aliphatic heterocycles. The summed E-state index contributed by atoms with van der Waals surface area (Å²) >= 11 is 1.14. The van der Waals surface area contributed by atoms with Crippen LogP contribution in [0.25, 0.3) is 10.9 Å². The molecule has 1 atom stereocenters. The Kier molecular flexibility index (Phi) is 6.22. The van der Waals surface area contributed by atoms with E-state index in [0.29, 0.717) is 6.54 Å². The first-order valence-electron chi connectivity index (χ1n) is 9.84. The second-order valence-corrected chi connectivity index (χ2v) is 10.5. The normalized spacial score (nSPS) is 12.8. The second-order valence-electron chi connectivity index (χ2n) is 7.25. The van der Waals surface area contributed by atoms with Crippen LogP contribution in [0, 0.1) is 0 Å². The number of nitrogens with one attached hydrogen (secondary N) is 2. The predicted molar refractivity (Wildman–Crippen MR) is 124 cm³/mol. The first kappa shape index (κ1) is 21.3. The molecule has 0 bridgehead atoms. The molecule has 0 radical (unpaired) electrons. The molecule has 4 rings (SSSR count). The Labute approximate surface area is 185 Å². The zero-order chi connectivity index (χ0) is 21.8. The summed E-state index contributed by atoms with van der Waals surface area (Å²) in [5, 5.41) is 5.73. The minimum atomic E-state index is -3.67. The molecule has 0 saturated heterocycles. The summed E-state index contributed by atoms with van der Waals surface area (Å²) in [4.78, 5) is 15.9. The number of aromatic nitrogens is 1. The first-order chi connectivity index (χ1) is 15.0. The van der Waals surface area contributed by atoms with Crippen LogP contribution in [0.5, 0.6) is 0 Å². The Morgan fingerprint density at radius 3 is 2.55 bits per heavy atom. The number of para-hydroxylation sites is 1. The van der Waals surface area contributed by atoms with Crippen molar-refractivity contribution < 1.29 is 13.2 Å². The lowest BCUT2D eigenvalue weighted by Crippen LogP contribution is -2.39. The molecule has 6 nitrogen and oxygen atoms in total. The quantitative estimate of drug-likeness (QED) is 0.426. The predicted octanol–water partition coefficient (Wildman–Crippen LogP) is 3.80. The van der Waals surface area contributed by atoms with E-state index in [9.17, 15) is 13.2 Å². The highest BCUT2D eigenvalue weighted by molar-refractivity contribution is 7.91. The van der Waals surface area contributed by atoms with Crippen molar-refractivity contribution >= 4 is 38.2 Å². The molecular weight excluding hydrogens is 430 g/mol. The third-order valence-electron chi connectivity index (χ3n) is 5.23. The number of rotatable bonds is 8. The number of hydrogen-bond donors (Lipinski definition) is 2. The number of H-pyrrole nitrogens is 1. The molecule has 0 aliphatic rings. The van der Waals surface area contributed by atoms with E-state index < -0.39 is 10.0 Å². The van der Waals surface area contributed by atoms with Crippen LogP contribution in [0.3, 0.4) is 0 Å². The Morgan fingerprint density at radius 1 is 1.06 bits per heavy atom. The van der Waals surface area contributed by atoms with E-state index in [0.717, 1.165) is 37.7 Å². The van der Waals surface area contributed by atoms with Crippen LogP contribution in [0.4, 0.5) is 0 Å². The molecule has 2 heterocycles. The fourth-order valence-corrected chi connectivity index (χ4v) is 5.93. The molecule has 0 spiro atoms. The summed E-state index contributed by atoms with van der Waals surface area (Å²) in [6, 6.07) is 21.2. The fraction of sp³-hybridized carbons (Fsp3) is 0.174. The molecule has 8 heteroatoms. The van der Waals surface area contributed by atoms with E-state index in [-0.39, 0.29) is 22.6 Å². The van der Waals surface area contributed by atoms with Crippen LogP contribution >= 0.6 is 11.3 Å². The van der Waals surface area contributed by atoms with E-state index in [4.69, 9.17) is 0 Å². The fourth-order valence-electron chi connectivity index (χ4n) is 3.60. The Hall–Kier alpha value is -2.94. The number of thiophene rings is 1. The molecular formula is C23H23N3O3S2. The molecule has 0 aliphatic carbocycles. The SMILES string of the molecule is CN(CC(=O)NC[C@@H](c1ccccc1)c1c[nH]c2ccccc12)S(=O)(=O)c1cccs1. The number of sulfonamides is 1. The van der Waals surface area contributed by atoms with Gasteiger partial charge in [0.2, 0.25) is 5.91 Å². The maximum atomic E-state index is 12.6. The van der Waals surface area contributed by atoms with E-state index in [1.165, 1.54) is 13.1 Å². The van der Waals surface area contributed by atoms with E-state index >= 15 is 0 Å². The topological polar surface area (TPSA) is 82.3 Å². The Morgan fingerprint density at radius 2 is 1.81 bits per heavy atom. The summed E-state index contributed by atoms with van der Waals surface area (Å²) in [6.45, 7) is 0.118. The van der Waals surface area contributed by atoms with Gasteiger partial charge in [0.25, 0.3) is 10.0 Å². The standard InChI is InChI=1S/C23H23N3O3S2/c1-26(31(28,29)23-12-7-13-30-23)16-22(27)25-14-19(17-8-3-2-4-9-17)20-15-24-21-11-6-5-10-18(20)21/h2-13,15,19,24H,14,16H2,1H3,(H,25,27)/t19-/m0/s1. The highest BCUT2D eigenvalue weighted by Gasteiger charge is 2.25. The van der Waals surface area contributed by atoms with Crippen molar-refractivity contribution in [2.24, 2.45) is 0 Å². The number of benzene rings is 2. The van der Waals surface area contributed by atoms with Crippen molar-refractivity contribution in [3.05, 3.63) is 89.4 Å². The first-order valence-corrected chi connectivity index (χ1v) is 12.2. The second kappa shape index (κ2) is 9.05. The number of carbonyl (C=O) groups is 1. The monoisotopic (exact) mass is 453 g/mol. The molecule has 2 aromatic carbocycles. The highest BCUT2D eigenvalue weighted by atomic mass is 32.2. The molecule has 31 heavy (non-hydrogen) atoms. The average molecular weight is 454 g/mol. The molecule has 160 valence electrons. The smallest absolute Gasteiger partial charge is 0.252 e. The summed E-state index contributed by atoms with van der Waals surface area (Å²) in [6.07, 6.45) is 1.97. The van der Waals surface area contributed by atoms with Gasteiger partial charge < -0.3 is 10.3 Å². The highest BCUT2D eigenvalue weighted by Crippen LogP contribution is 2.30. The van der Waals surface area contributed by atoms with Crippen molar-refractivity contribution in [2.45, 2.75) is 10.1 Å². The van der Waals surface area contributed by atoms with Gasteiger partial charge in [0, 0.05) is 36.6 Å². The maximum absolute atomic E-state index is 12.6. The number of carbonyl (C=O) groups excluding carboxylic acids is 1. The summed E-state index contributed by atoms with van der Waals surface area (Å²) in [7, 11) is -2.25. The van der Waals surface area contributed by atoms with Crippen LogP contribution < -0.4 is 5.32 Å². The summed E-state index contributed by atoms with van der Waals surface area (Å²) < 4.78 is 26.5. The molecule has 0 unspecified atom stereocenters. The minimum absolute atomic E-state index is 0.0690. The van der Waals surface area contributed by atoms with Gasteiger partial charge in [-0.1, -0.05) is 54.6 Å². The lowest BCUT2D eigenvalue weighted by atomic mass is 9.91. The van der Waals surface area contributed by atoms with Gasteiger partial charge in [-0.05, 0) is 28.6 Å². The molecule has 0 saturated carbocycles. The lowest BCUT2D eigenvalue weighted by molar-refractivity contribution is -0.121. The third-order valence-corrected chi connectivity index (χ3v) is 8.40. The van der Waals surface area contributed by atoms with Gasteiger partial charge in [0.15, 0.2) is 0 Å². The zero-order valence-corrected chi connectivity index (χ0v) is 18.6. The van der Waals surface area contributed by atoms with Crippen LogP contribution in [0.1, 0.15) is 17.0 Å². The van der Waals surface area contributed by atoms with Crippen molar-refractivity contribution in [3.63, 3.8) is 0 Å². The lowest BCUT2D eigenvalue weighted by Gasteiger charge is -2.20. The number of hydrogen-bond acceptors (Lipinski definition) is 4. The molecule has 4 aromatic rings. The van der Waals surface area contributed by atoms with Gasteiger partial charge in [0.05, 0.1) is 6.54 Å².